The van der Waals surface area contributed by atoms with E-state index in [1.165, 1.54) is 71.6 Å². The molecule has 1 aliphatic carbocycles. The molecule has 0 saturated carbocycles. The minimum absolute atomic E-state index is 0.914. The van der Waals surface area contributed by atoms with Gasteiger partial charge in [-0.3, -0.25) is 0 Å². The fraction of sp³-hybridized carbons (Fsp3) is 0. The van der Waals surface area contributed by atoms with Crippen LogP contribution in [-0.2, 0) is 0 Å². The van der Waals surface area contributed by atoms with E-state index in [0.29, 0.717) is 0 Å². The smallest absolute Gasteiger partial charge is 0.136 e. The van der Waals surface area contributed by atoms with E-state index in [1.54, 1.807) is 0 Å². The zero-order valence-electron chi connectivity index (χ0n) is 24.4. The zero-order valence-corrected chi connectivity index (χ0v) is 24.4. The molecule has 0 fully saturated rings. The molecule has 0 spiro atoms. The molecule has 1 aliphatic rings. The summed E-state index contributed by atoms with van der Waals surface area (Å²) in [7, 11) is 0. The lowest BCUT2D eigenvalue weighted by atomic mass is 9.92. The number of furan rings is 1. The first kappa shape index (κ1) is 24.5. The lowest BCUT2D eigenvalue weighted by Crippen LogP contribution is -1.85. The van der Waals surface area contributed by atoms with Crippen molar-refractivity contribution in [1.82, 2.24) is 0 Å². The Morgan fingerprint density at radius 3 is 1.56 bits per heavy atom. The van der Waals surface area contributed by atoms with Gasteiger partial charge in [0.15, 0.2) is 0 Å². The van der Waals surface area contributed by atoms with Crippen molar-refractivity contribution in [3.8, 4) is 55.6 Å². The van der Waals surface area contributed by atoms with Crippen LogP contribution in [0.1, 0.15) is 0 Å². The Hall–Kier alpha value is -5.92. The van der Waals surface area contributed by atoms with Gasteiger partial charge < -0.3 is 4.42 Å². The maximum Gasteiger partial charge on any atom is 0.136 e. The van der Waals surface area contributed by atoms with Gasteiger partial charge in [-0.1, -0.05) is 121 Å². The van der Waals surface area contributed by atoms with Crippen molar-refractivity contribution in [2.45, 2.75) is 0 Å². The number of hydrogen-bond donors (Lipinski definition) is 0. The van der Waals surface area contributed by atoms with E-state index in [0.717, 1.165) is 27.5 Å². The summed E-state index contributed by atoms with van der Waals surface area (Å²) >= 11 is 0. The number of rotatable bonds is 3. The minimum Gasteiger partial charge on any atom is -0.456 e. The van der Waals surface area contributed by atoms with Crippen LogP contribution in [0.25, 0.3) is 99.1 Å². The molecule has 0 radical (unpaired) electrons. The van der Waals surface area contributed by atoms with E-state index < -0.39 is 0 Å². The molecule has 9 aromatic rings. The SMILES string of the molecule is c1ccc(-c2ccc3c(c2)oc2cc(-c4ccc5cc(-c6ccc7c8c(cccc68)-c6ccccc6-7)ccc5c4)ccc23)cc1. The van der Waals surface area contributed by atoms with Gasteiger partial charge in [-0.15, -0.1) is 0 Å². The third-order valence-electron chi connectivity index (χ3n) is 9.61. The topological polar surface area (TPSA) is 13.1 Å². The maximum absolute atomic E-state index is 6.41. The van der Waals surface area contributed by atoms with Crippen LogP contribution >= 0.6 is 0 Å². The average molecular weight is 571 g/mol. The van der Waals surface area contributed by atoms with Crippen molar-refractivity contribution in [3.63, 3.8) is 0 Å². The Kier molecular flexibility index (Phi) is 5.06. The predicted octanol–water partition coefficient (Wildman–Crippen LogP) is 12.5. The Labute approximate surface area is 260 Å². The van der Waals surface area contributed by atoms with Crippen molar-refractivity contribution >= 4 is 43.5 Å². The van der Waals surface area contributed by atoms with E-state index in [-0.39, 0.29) is 0 Å². The van der Waals surface area contributed by atoms with E-state index >= 15 is 0 Å². The van der Waals surface area contributed by atoms with E-state index in [1.807, 2.05) is 6.07 Å². The first-order valence-corrected chi connectivity index (χ1v) is 15.5. The zero-order chi connectivity index (χ0) is 29.5. The van der Waals surface area contributed by atoms with E-state index in [9.17, 15) is 0 Å². The van der Waals surface area contributed by atoms with Crippen LogP contribution in [0.15, 0.2) is 162 Å². The van der Waals surface area contributed by atoms with Gasteiger partial charge in [-0.25, -0.2) is 0 Å². The summed E-state index contributed by atoms with van der Waals surface area (Å²) in [5.41, 5.74) is 14.4. The van der Waals surface area contributed by atoms with E-state index in [2.05, 4.69) is 152 Å². The minimum atomic E-state index is 0.914. The third kappa shape index (κ3) is 3.68. The summed E-state index contributed by atoms with van der Waals surface area (Å²) in [5.74, 6) is 0. The van der Waals surface area contributed by atoms with Gasteiger partial charge in [0.1, 0.15) is 11.2 Å². The van der Waals surface area contributed by atoms with Crippen LogP contribution in [-0.4, -0.2) is 0 Å². The van der Waals surface area contributed by atoms with Crippen LogP contribution in [0.5, 0.6) is 0 Å². The molecule has 45 heavy (non-hydrogen) atoms. The Morgan fingerprint density at radius 2 is 0.822 bits per heavy atom. The van der Waals surface area contributed by atoms with Crippen LogP contribution in [0.4, 0.5) is 0 Å². The molecule has 208 valence electrons. The summed E-state index contributed by atoms with van der Waals surface area (Å²) < 4.78 is 6.41. The first-order valence-electron chi connectivity index (χ1n) is 15.5. The van der Waals surface area contributed by atoms with Crippen LogP contribution < -0.4 is 0 Å². The molecule has 10 rings (SSSR count). The van der Waals surface area contributed by atoms with Crippen molar-refractivity contribution in [3.05, 3.63) is 158 Å². The monoisotopic (exact) mass is 570 g/mol. The molecule has 1 heteroatoms. The van der Waals surface area contributed by atoms with Crippen molar-refractivity contribution in [2.75, 3.05) is 0 Å². The van der Waals surface area contributed by atoms with Gasteiger partial charge in [0.05, 0.1) is 0 Å². The summed E-state index contributed by atoms with van der Waals surface area (Å²) in [6.07, 6.45) is 0. The van der Waals surface area contributed by atoms with Crippen LogP contribution in [0.2, 0.25) is 0 Å². The van der Waals surface area contributed by atoms with Gasteiger partial charge in [0.2, 0.25) is 0 Å². The van der Waals surface area contributed by atoms with Gasteiger partial charge in [0.25, 0.3) is 0 Å². The fourth-order valence-corrected chi connectivity index (χ4v) is 7.42. The molecule has 8 aromatic carbocycles. The molecule has 0 amide bonds. The van der Waals surface area contributed by atoms with Crippen LogP contribution in [0, 0.1) is 0 Å². The second-order valence-electron chi connectivity index (χ2n) is 12.1. The number of hydrogen-bond acceptors (Lipinski definition) is 1. The molecule has 0 atom stereocenters. The normalized spacial score (nSPS) is 12.0. The Balaban J connectivity index is 1.03. The molecular weight excluding hydrogens is 544 g/mol. The maximum atomic E-state index is 6.41. The molecule has 0 N–H and O–H groups in total. The second-order valence-corrected chi connectivity index (χ2v) is 12.1. The summed E-state index contributed by atoms with van der Waals surface area (Å²) in [6.45, 7) is 0. The molecule has 0 aliphatic heterocycles. The highest BCUT2D eigenvalue weighted by Crippen LogP contribution is 2.49. The van der Waals surface area contributed by atoms with Crippen molar-refractivity contribution in [1.29, 1.82) is 0 Å². The Bertz CT molecular complexity index is 2610. The molecule has 1 heterocycles. The average Bonchev–Trinajstić information content (AvgIpc) is 3.64. The lowest BCUT2D eigenvalue weighted by molar-refractivity contribution is 0.669. The van der Waals surface area contributed by atoms with E-state index in [4.69, 9.17) is 4.42 Å². The van der Waals surface area contributed by atoms with Crippen molar-refractivity contribution in [2.24, 2.45) is 0 Å². The largest absolute Gasteiger partial charge is 0.456 e. The van der Waals surface area contributed by atoms with Gasteiger partial charge in [-0.05, 0) is 114 Å². The quantitative estimate of drug-likeness (QED) is 0.206. The fourth-order valence-electron chi connectivity index (χ4n) is 7.42. The van der Waals surface area contributed by atoms with Gasteiger partial charge in [0, 0.05) is 10.8 Å². The Morgan fingerprint density at radius 1 is 0.289 bits per heavy atom. The number of benzene rings is 8. The van der Waals surface area contributed by atoms with Crippen molar-refractivity contribution < 1.29 is 4.42 Å². The number of fused-ring (bicyclic) bond motifs is 7. The molecule has 1 aromatic heterocycles. The second kappa shape index (κ2) is 9.29. The first-order chi connectivity index (χ1) is 22.3. The highest BCUT2D eigenvalue weighted by Gasteiger charge is 2.22. The lowest BCUT2D eigenvalue weighted by Gasteiger charge is -2.11. The van der Waals surface area contributed by atoms with Crippen LogP contribution in [0.3, 0.4) is 0 Å². The summed E-state index contributed by atoms with van der Waals surface area (Å²) in [5, 5.41) is 7.44. The predicted molar refractivity (Wildman–Crippen MR) is 189 cm³/mol. The highest BCUT2D eigenvalue weighted by atomic mass is 16.3. The molecular formula is C44H26O. The molecule has 0 bridgehead atoms. The highest BCUT2D eigenvalue weighted by molar-refractivity contribution is 6.19. The molecule has 0 saturated heterocycles. The van der Waals surface area contributed by atoms with Gasteiger partial charge in [-0.2, -0.15) is 0 Å². The molecule has 1 nitrogen and oxygen atoms in total. The summed E-state index contributed by atoms with van der Waals surface area (Å²) in [4.78, 5) is 0. The standard InChI is InChI=1S/C44H26O/c1-2-7-27(8-3-1)31-17-19-37-38-20-18-32(26-43(38)45-42(37)25-31)29-13-14-30-24-33(16-15-28(30)23-29)34-21-22-41-36-10-5-4-9-35(36)40-12-6-11-39(34)44(40)41/h1-26H. The third-order valence-corrected chi connectivity index (χ3v) is 9.61. The summed E-state index contributed by atoms with van der Waals surface area (Å²) in [6, 6.07) is 57.3. The molecule has 0 unspecified atom stereocenters. The van der Waals surface area contributed by atoms with Gasteiger partial charge >= 0.3 is 0 Å².